The first-order chi connectivity index (χ1) is 8.54. The van der Waals surface area contributed by atoms with Crippen LogP contribution < -0.4 is 11.1 Å². The number of nitrogens with zero attached hydrogens (tertiary/aromatic N) is 1. The Morgan fingerprint density at radius 3 is 2.61 bits per heavy atom. The van der Waals surface area contributed by atoms with Gasteiger partial charge in [-0.25, -0.2) is 0 Å². The van der Waals surface area contributed by atoms with Gasteiger partial charge in [0.2, 0.25) is 5.91 Å². The van der Waals surface area contributed by atoms with Crippen molar-refractivity contribution >= 4 is 23.1 Å². The predicted molar refractivity (Wildman–Crippen MR) is 75.4 cm³/mol. The van der Waals surface area contributed by atoms with Gasteiger partial charge in [-0.15, -0.1) is 0 Å². The van der Waals surface area contributed by atoms with E-state index < -0.39 is 0 Å². The molecule has 1 aliphatic rings. The number of carbonyl (C=O) groups is 1. The van der Waals surface area contributed by atoms with Gasteiger partial charge >= 0.3 is 0 Å². The van der Waals surface area contributed by atoms with E-state index in [0.29, 0.717) is 6.42 Å². The standard InChI is InChI=1S/C12H23N3O2S/c1-3-10(11(13)18)12(16)14-9(2)8-15-4-6-17-7-5-15/h9-10H,3-8H2,1-2H3,(H2,13,18)(H,14,16). The Bertz CT molecular complexity index is 293. The normalized spacial score (nSPS) is 20.1. The van der Waals surface area contributed by atoms with Gasteiger partial charge in [-0.05, 0) is 13.3 Å². The van der Waals surface area contributed by atoms with Crippen molar-refractivity contribution in [1.82, 2.24) is 10.2 Å². The summed E-state index contributed by atoms with van der Waals surface area (Å²) in [4.78, 5) is 14.5. The highest BCUT2D eigenvalue weighted by Crippen LogP contribution is 2.04. The lowest BCUT2D eigenvalue weighted by atomic mass is 10.1. The first-order valence-electron chi connectivity index (χ1n) is 6.44. The van der Waals surface area contributed by atoms with Gasteiger partial charge in [0.25, 0.3) is 0 Å². The van der Waals surface area contributed by atoms with Crippen LogP contribution in [0.4, 0.5) is 0 Å². The fourth-order valence-corrected chi connectivity index (χ4v) is 2.35. The van der Waals surface area contributed by atoms with Gasteiger partial charge in [-0.2, -0.15) is 0 Å². The maximum Gasteiger partial charge on any atom is 0.230 e. The van der Waals surface area contributed by atoms with Gasteiger partial charge in [0.1, 0.15) is 0 Å². The van der Waals surface area contributed by atoms with Crippen molar-refractivity contribution < 1.29 is 9.53 Å². The van der Waals surface area contributed by atoms with E-state index in [1.165, 1.54) is 0 Å². The molecule has 0 aliphatic carbocycles. The summed E-state index contributed by atoms with van der Waals surface area (Å²) >= 11 is 4.90. The van der Waals surface area contributed by atoms with E-state index in [4.69, 9.17) is 22.7 Å². The minimum absolute atomic E-state index is 0.0641. The molecule has 1 fully saturated rings. The number of amides is 1. The summed E-state index contributed by atoms with van der Waals surface area (Å²) in [6.07, 6.45) is 0.644. The first-order valence-corrected chi connectivity index (χ1v) is 6.85. The first kappa shape index (κ1) is 15.3. The number of rotatable bonds is 6. The number of hydrogen-bond acceptors (Lipinski definition) is 4. The lowest BCUT2D eigenvalue weighted by Crippen LogP contribution is -2.48. The average Bonchev–Trinajstić information content (AvgIpc) is 2.30. The predicted octanol–water partition coefficient (Wildman–Crippen LogP) is 0.136. The number of nitrogens with two attached hydrogens (primary N) is 1. The van der Waals surface area contributed by atoms with Gasteiger partial charge < -0.3 is 15.8 Å². The zero-order valence-corrected chi connectivity index (χ0v) is 12.0. The van der Waals surface area contributed by atoms with Crippen LogP contribution in [0.15, 0.2) is 0 Å². The Morgan fingerprint density at radius 1 is 1.50 bits per heavy atom. The Balaban J connectivity index is 2.36. The largest absolute Gasteiger partial charge is 0.393 e. The van der Waals surface area contributed by atoms with Crippen molar-refractivity contribution in [2.24, 2.45) is 11.7 Å². The second-order valence-corrected chi connectivity index (χ2v) is 5.16. The molecule has 0 aromatic carbocycles. The summed E-state index contributed by atoms with van der Waals surface area (Å²) < 4.78 is 5.29. The van der Waals surface area contributed by atoms with Crippen LogP contribution in [0.3, 0.4) is 0 Å². The molecule has 1 heterocycles. The van der Waals surface area contributed by atoms with Gasteiger partial charge in [0.15, 0.2) is 0 Å². The van der Waals surface area contributed by atoms with Crippen LogP contribution in [-0.2, 0) is 9.53 Å². The molecule has 0 bridgehead atoms. The monoisotopic (exact) mass is 273 g/mol. The molecule has 3 N–H and O–H groups in total. The topological polar surface area (TPSA) is 67.6 Å². The molecular formula is C12H23N3O2S. The van der Waals surface area contributed by atoms with Crippen LogP contribution in [0, 0.1) is 5.92 Å². The molecule has 1 rings (SSSR count). The van der Waals surface area contributed by atoms with Gasteiger partial charge in [0, 0.05) is 25.7 Å². The fraction of sp³-hybridized carbons (Fsp3) is 0.833. The second kappa shape index (κ2) is 7.66. The number of carbonyl (C=O) groups excluding carboxylic acids is 1. The molecule has 1 amide bonds. The lowest BCUT2D eigenvalue weighted by molar-refractivity contribution is -0.123. The Morgan fingerprint density at radius 2 is 2.11 bits per heavy atom. The van der Waals surface area contributed by atoms with Crippen molar-refractivity contribution in [3.05, 3.63) is 0 Å². The van der Waals surface area contributed by atoms with Crippen molar-refractivity contribution in [3.63, 3.8) is 0 Å². The van der Waals surface area contributed by atoms with Gasteiger partial charge in [0.05, 0.1) is 24.1 Å². The molecule has 0 radical (unpaired) electrons. The highest BCUT2D eigenvalue weighted by Gasteiger charge is 2.22. The average molecular weight is 273 g/mol. The SMILES string of the molecule is CCC(C(=O)NC(C)CN1CCOCC1)C(N)=S. The van der Waals surface area contributed by atoms with E-state index in [2.05, 4.69) is 10.2 Å². The summed E-state index contributed by atoms with van der Waals surface area (Å²) in [6, 6.07) is 0.0963. The molecule has 0 aromatic rings. The molecule has 1 saturated heterocycles. The zero-order chi connectivity index (χ0) is 13.5. The third-order valence-corrected chi connectivity index (χ3v) is 3.38. The number of ether oxygens (including phenoxy) is 1. The highest BCUT2D eigenvalue weighted by atomic mass is 32.1. The quantitative estimate of drug-likeness (QED) is 0.674. The molecule has 0 saturated carbocycles. The summed E-state index contributed by atoms with van der Waals surface area (Å²) in [5.41, 5.74) is 5.55. The van der Waals surface area contributed by atoms with Crippen molar-refractivity contribution in [2.75, 3.05) is 32.8 Å². The number of thiocarbonyl (C=S) groups is 1. The summed E-state index contributed by atoms with van der Waals surface area (Å²) in [7, 11) is 0. The zero-order valence-electron chi connectivity index (χ0n) is 11.1. The molecule has 1 aliphatic heterocycles. The van der Waals surface area contributed by atoms with E-state index >= 15 is 0 Å². The second-order valence-electron chi connectivity index (χ2n) is 4.69. The molecule has 2 atom stereocenters. The van der Waals surface area contributed by atoms with Crippen LogP contribution >= 0.6 is 12.2 Å². The summed E-state index contributed by atoms with van der Waals surface area (Å²) in [6.45, 7) is 8.13. The van der Waals surface area contributed by atoms with Crippen LogP contribution in [0.25, 0.3) is 0 Å². The van der Waals surface area contributed by atoms with E-state index in [9.17, 15) is 4.79 Å². The lowest BCUT2D eigenvalue weighted by Gasteiger charge is -2.29. The molecular weight excluding hydrogens is 250 g/mol. The molecule has 2 unspecified atom stereocenters. The van der Waals surface area contributed by atoms with Crippen molar-refractivity contribution in [3.8, 4) is 0 Å². The minimum Gasteiger partial charge on any atom is -0.393 e. The number of morpholine rings is 1. The molecule has 0 aromatic heterocycles. The maximum atomic E-state index is 11.9. The maximum absolute atomic E-state index is 11.9. The van der Waals surface area contributed by atoms with E-state index in [0.717, 1.165) is 32.8 Å². The van der Waals surface area contributed by atoms with Gasteiger partial charge in [-0.3, -0.25) is 9.69 Å². The van der Waals surface area contributed by atoms with Gasteiger partial charge in [-0.1, -0.05) is 19.1 Å². The molecule has 0 spiro atoms. The van der Waals surface area contributed by atoms with Crippen LogP contribution in [-0.4, -0.2) is 54.7 Å². The smallest absolute Gasteiger partial charge is 0.230 e. The molecule has 18 heavy (non-hydrogen) atoms. The Kier molecular flexibility index (Phi) is 6.52. The third kappa shape index (κ3) is 4.88. The molecule has 5 nitrogen and oxygen atoms in total. The summed E-state index contributed by atoms with van der Waals surface area (Å²) in [5, 5.41) is 2.97. The number of hydrogen-bond donors (Lipinski definition) is 2. The number of nitrogens with one attached hydrogen (secondary N) is 1. The minimum atomic E-state index is -0.355. The van der Waals surface area contributed by atoms with Crippen LogP contribution in [0.1, 0.15) is 20.3 Å². The summed E-state index contributed by atoms with van der Waals surface area (Å²) in [5.74, 6) is -0.419. The molecule has 104 valence electrons. The van der Waals surface area contributed by atoms with Crippen LogP contribution in [0.5, 0.6) is 0 Å². The Hall–Kier alpha value is -0.720. The van der Waals surface area contributed by atoms with Crippen molar-refractivity contribution in [2.45, 2.75) is 26.3 Å². The van der Waals surface area contributed by atoms with Crippen LogP contribution in [0.2, 0.25) is 0 Å². The van der Waals surface area contributed by atoms with E-state index in [-0.39, 0.29) is 22.9 Å². The van der Waals surface area contributed by atoms with E-state index in [1.54, 1.807) is 0 Å². The Labute approximate surface area is 114 Å². The van der Waals surface area contributed by atoms with Crippen molar-refractivity contribution in [1.29, 1.82) is 0 Å². The highest BCUT2D eigenvalue weighted by molar-refractivity contribution is 7.80. The van der Waals surface area contributed by atoms with E-state index in [1.807, 2.05) is 13.8 Å². The third-order valence-electron chi connectivity index (χ3n) is 3.09. The fourth-order valence-electron chi connectivity index (χ4n) is 2.08. The molecule has 6 heteroatoms.